The Hall–Kier alpha value is -0.580. The van der Waals surface area contributed by atoms with Crippen molar-refractivity contribution >= 4 is 11.6 Å². The molecule has 0 aromatic carbocycles. The summed E-state index contributed by atoms with van der Waals surface area (Å²) in [6.45, 7) is 2.85. The Kier molecular flexibility index (Phi) is 4.30. The van der Waals surface area contributed by atoms with Crippen molar-refractivity contribution in [2.75, 3.05) is 6.61 Å². The lowest BCUT2D eigenvalue weighted by Crippen LogP contribution is -2.49. The number of rotatable bonds is 4. The van der Waals surface area contributed by atoms with Crippen molar-refractivity contribution < 1.29 is 5.11 Å². The first-order valence-corrected chi connectivity index (χ1v) is 7.00. The molecular formula is C13H22ClN3O. The molecule has 1 fully saturated rings. The van der Waals surface area contributed by atoms with Gasteiger partial charge in [-0.25, -0.2) is 0 Å². The van der Waals surface area contributed by atoms with Crippen LogP contribution in [0.1, 0.15) is 43.4 Å². The third-order valence-electron chi connectivity index (χ3n) is 4.02. The number of aryl methyl sites for hydroxylation is 2. The highest BCUT2D eigenvalue weighted by atomic mass is 35.5. The fourth-order valence-electron chi connectivity index (χ4n) is 2.77. The van der Waals surface area contributed by atoms with Crippen LogP contribution in [0.2, 0.25) is 5.15 Å². The summed E-state index contributed by atoms with van der Waals surface area (Å²) in [5, 5.41) is 18.1. The van der Waals surface area contributed by atoms with E-state index >= 15 is 0 Å². The number of aliphatic hydroxyl groups excluding tert-OH is 1. The predicted molar refractivity (Wildman–Crippen MR) is 72.7 cm³/mol. The Balaban J connectivity index is 2.05. The van der Waals surface area contributed by atoms with Crippen LogP contribution in [0.25, 0.3) is 0 Å². The van der Waals surface area contributed by atoms with E-state index in [0.717, 1.165) is 24.1 Å². The Morgan fingerprint density at radius 3 is 2.56 bits per heavy atom. The van der Waals surface area contributed by atoms with Crippen molar-refractivity contribution in [2.24, 2.45) is 7.05 Å². The Morgan fingerprint density at radius 1 is 1.39 bits per heavy atom. The van der Waals surface area contributed by atoms with Crippen LogP contribution in [-0.4, -0.2) is 27.0 Å². The molecule has 0 amide bonds. The molecule has 1 heterocycles. The maximum atomic E-state index is 9.65. The molecule has 5 heteroatoms. The van der Waals surface area contributed by atoms with Crippen LogP contribution in [0, 0.1) is 6.92 Å². The maximum absolute atomic E-state index is 9.65. The number of aliphatic hydroxyl groups is 1. The number of nitrogens with one attached hydrogen (secondary N) is 1. The summed E-state index contributed by atoms with van der Waals surface area (Å²) in [5.74, 6) is 0. The van der Waals surface area contributed by atoms with E-state index < -0.39 is 0 Å². The van der Waals surface area contributed by atoms with E-state index in [9.17, 15) is 5.11 Å². The number of hydrogen-bond acceptors (Lipinski definition) is 3. The minimum absolute atomic E-state index is 0.121. The molecular weight excluding hydrogens is 250 g/mol. The van der Waals surface area contributed by atoms with Crippen LogP contribution < -0.4 is 5.32 Å². The number of halogens is 1. The van der Waals surface area contributed by atoms with Crippen molar-refractivity contribution in [3.63, 3.8) is 0 Å². The molecule has 0 aliphatic heterocycles. The zero-order valence-corrected chi connectivity index (χ0v) is 11.9. The highest BCUT2D eigenvalue weighted by Crippen LogP contribution is 2.29. The molecule has 0 bridgehead atoms. The molecule has 0 spiro atoms. The predicted octanol–water partition coefficient (Wildman–Crippen LogP) is 2.17. The third-order valence-corrected chi connectivity index (χ3v) is 4.50. The highest BCUT2D eigenvalue weighted by molar-refractivity contribution is 6.30. The van der Waals surface area contributed by atoms with Gasteiger partial charge in [0.2, 0.25) is 0 Å². The van der Waals surface area contributed by atoms with Gasteiger partial charge in [0.15, 0.2) is 0 Å². The van der Waals surface area contributed by atoms with Crippen molar-refractivity contribution in [3.05, 3.63) is 16.4 Å². The minimum atomic E-state index is -0.121. The van der Waals surface area contributed by atoms with Crippen LogP contribution in [0.4, 0.5) is 0 Å². The Morgan fingerprint density at radius 2 is 2.06 bits per heavy atom. The van der Waals surface area contributed by atoms with E-state index in [1.807, 2.05) is 14.0 Å². The second kappa shape index (κ2) is 5.59. The molecule has 4 nitrogen and oxygen atoms in total. The molecule has 102 valence electrons. The van der Waals surface area contributed by atoms with Crippen LogP contribution in [0.15, 0.2) is 0 Å². The molecule has 1 aromatic heterocycles. The van der Waals surface area contributed by atoms with Gasteiger partial charge < -0.3 is 10.4 Å². The van der Waals surface area contributed by atoms with Gasteiger partial charge in [-0.15, -0.1) is 0 Å². The molecule has 1 aliphatic carbocycles. The Labute approximate surface area is 113 Å². The summed E-state index contributed by atoms with van der Waals surface area (Å²) in [6, 6.07) is 0. The van der Waals surface area contributed by atoms with Gasteiger partial charge in [0.05, 0.1) is 12.3 Å². The lowest BCUT2D eigenvalue weighted by atomic mass is 9.82. The molecule has 0 saturated heterocycles. The van der Waals surface area contributed by atoms with E-state index in [0.29, 0.717) is 11.7 Å². The lowest BCUT2D eigenvalue weighted by molar-refractivity contribution is 0.119. The second-order valence-electron chi connectivity index (χ2n) is 5.33. The van der Waals surface area contributed by atoms with Gasteiger partial charge in [0.25, 0.3) is 0 Å². The van der Waals surface area contributed by atoms with Gasteiger partial charge in [-0.3, -0.25) is 4.68 Å². The zero-order valence-electron chi connectivity index (χ0n) is 11.2. The summed E-state index contributed by atoms with van der Waals surface area (Å²) in [6.07, 6.45) is 5.73. The van der Waals surface area contributed by atoms with Crippen molar-refractivity contribution in [1.82, 2.24) is 15.1 Å². The topological polar surface area (TPSA) is 50.1 Å². The average Bonchev–Trinajstić information content (AvgIpc) is 2.62. The van der Waals surface area contributed by atoms with Crippen molar-refractivity contribution in [2.45, 2.75) is 51.1 Å². The van der Waals surface area contributed by atoms with E-state index in [1.54, 1.807) is 4.68 Å². The smallest absolute Gasteiger partial charge is 0.131 e. The summed E-state index contributed by atoms with van der Waals surface area (Å²) in [7, 11) is 1.85. The molecule has 0 atom stereocenters. The Bertz CT molecular complexity index is 411. The fraction of sp³-hybridized carbons (Fsp3) is 0.769. The van der Waals surface area contributed by atoms with E-state index in [2.05, 4.69) is 10.4 Å². The summed E-state index contributed by atoms with van der Waals surface area (Å²) >= 11 is 6.22. The van der Waals surface area contributed by atoms with Gasteiger partial charge in [0, 0.05) is 24.7 Å². The molecule has 0 radical (unpaired) electrons. The lowest BCUT2D eigenvalue weighted by Gasteiger charge is -2.36. The molecule has 2 rings (SSSR count). The van der Waals surface area contributed by atoms with Gasteiger partial charge in [-0.1, -0.05) is 30.9 Å². The molecule has 18 heavy (non-hydrogen) atoms. The van der Waals surface area contributed by atoms with Crippen molar-refractivity contribution in [3.8, 4) is 0 Å². The summed E-state index contributed by atoms with van der Waals surface area (Å²) in [4.78, 5) is 0. The van der Waals surface area contributed by atoms with Crippen LogP contribution in [-0.2, 0) is 13.6 Å². The van der Waals surface area contributed by atoms with E-state index in [1.165, 1.54) is 19.3 Å². The number of hydrogen-bond donors (Lipinski definition) is 2. The molecule has 2 N–H and O–H groups in total. The fourth-order valence-corrected chi connectivity index (χ4v) is 3.01. The average molecular weight is 272 g/mol. The van der Waals surface area contributed by atoms with Crippen LogP contribution in [0.3, 0.4) is 0 Å². The molecule has 1 aromatic rings. The van der Waals surface area contributed by atoms with Crippen LogP contribution >= 0.6 is 11.6 Å². The monoisotopic (exact) mass is 271 g/mol. The first-order chi connectivity index (χ1) is 8.58. The van der Waals surface area contributed by atoms with E-state index in [-0.39, 0.29) is 12.1 Å². The highest BCUT2D eigenvalue weighted by Gasteiger charge is 2.31. The van der Waals surface area contributed by atoms with E-state index in [4.69, 9.17) is 11.6 Å². The van der Waals surface area contributed by atoms with Gasteiger partial charge >= 0.3 is 0 Å². The second-order valence-corrected chi connectivity index (χ2v) is 5.69. The SMILES string of the molecule is Cc1nn(C)c(Cl)c1CNC1(CO)CCCCC1. The number of nitrogens with zero attached hydrogens (tertiary/aromatic N) is 2. The molecule has 1 saturated carbocycles. The van der Waals surface area contributed by atoms with Gasteiger partial charge in [-0.2, -0.15) is 5.10 Å². The summed E-state index contributed by atoms with van der Waals surface area (Å²) in [5.41, 5.74) is 1.88. The minimum Gasteiger partial charge on any atom is -0.394 e. The quantitative estimate of drug-likeness (QED) is 0.882. The largest absolute Gasteiger partial charge is 0.394 e. The van der Waals surface area contributed by atoms with Crippen molar-refractivity contribution in [1.29, 1.82) is 0 Å². The van der Waals surface area contributed by atoms with Gasteiger partial charge in [0.1, 0.15) is 5.15 Å². The maximum Gasteiger partial charge on any atom is 0.131 e. The molecule has 1 aliphatic rings. The zero-order chi connectivity index (χ0) is 13.2. The first kappa shape index (κ1) is 13.8. The normalized spacial score (nSPS) is 19.1. The molecule has 0 unspecified atom stereocenters. The third kappa shape index (κ3) is 2.71. The summed E-state index contributed by atoms with van der Waals surface area (Å²) < 4.78 is 1.69. The first-order valence-electron chi connectivity index (χ1n) is 6.62. The van der Waals surface area contributed by atoms with Gasteiger partial charge in [-0.05, 0) is 19.8 Å². The van der Waals surface area contributed by atoms with Crippen LogP contribution in [0.5, 0.6) is 0 Å². The number of aromatic nitrogens is 2. The standard InChI is InChI=1S/C13H22ClN3O/c1-10-11(12(14)17(2)16-10)8-15-13(9-18)6-4-3-5-7-13/h15,18H,3-9H2,1-2H3.